The molecular weight excluding hydrogens is 194 g/mol. The molecule has 5 nitrogen and oxygen atoms in total. The Morgan fingerprint density at radius 2 is 2.07 bits per heavy atom. The van der Waals surface area contributed by atoms with Gasteiger partial charge in [0.05, 0.1) is 31.6 Å². The average Bonchev–Trinajstić information content (AvgIpc) is 2.30. The molecular formula is C10H17N3O2. The van der Waals surface area contributed by atoms with Gasteiger partial charge in [0.2, 0.25) is 5.95 Å². The van der Waals surface area contributed by atoms with E-state index in [9.17, 15) is 5.11 Å². The molecule has 1 heterocycles. The third-order valence-corrected chi connectivity index (χ3v) is 2.41. The molecule has 0 bridgehead atoms. The van der Waals surface area contributed by atoms with Gasteiger partial charge in [0.15, 0.2) is 5.75 Å². The molecule has 15 heavy (non-hydrogen) atoms. The number of nitrogens with one attached hydrogen (secondary N) is 1. The molecule has 0 saturated heterocycles. The lowest BCUT2D eigenvalue weighted by molar-refractivity contribution is 0.218. The van der Waals surface area contributed by atoms with Gasteiger partial charge in [-0.3, -0.25) is 0 Å². The topological polar surface area (TPSA) is 67.3 Å². The van der Waals surface area contributed by atoms with Crippen LogP contribution in [0.1, 0.15) is 20.3 Å². The van der Waals surface area contributed by atoms with Gasteiger partial charge in [-0.2, -0.15) is 0 Å². The predicted octanol–water partition coefficient (Wildman–Crippen LogP) is 1.06. The van der Waals surface area contributed by atoms with Gasteiger partial charge < -0.3 is 15.2 Å². The maximum absolute atomic E-state index is 9.20. The Balaban J connectivity index is 2.71. The standard InChI is InChI=1S/C10H17N3O2/c1-4-10(2,7-14)13-9-11-5-8(15-3)6-12-9/h5-6,14H,4,7H2,1-3H3,(H,11,12,13). The molecule has 5 heteroatoms. The number of methoxy groups -OCH3 is 1. The third kappa shape index (κ3) is 3.06. The second-order valence-electron chi connectivity index (χ2n) is 3.64. The molecule has 1 rings (SSSR count). The van der Waals surface area contributed by atoms with Gasteiger partial charge in [0.25, 0.3) is 0 Å². The summed E-state index contributed by atoms with van der Waals surface area (Å²) in [5.74, 6) is 1.11. The van der Waals surface area contributed by atoms with E-state index in [1.54, 1.807) is 19.5 Å². The normalized spacial score (nSPS) is 14.4. The van der Waals surface area contributed by atoms with Crippen molar-refractivity contribution in [3.8, 4) is 5.75 Å². The monoisotopic (exact) mass is 211 g/mol. The number of ether oxygens (including phenoxy) is 1. The molecule has 0 saturated carbocycles. The van der Waals surface area contributed by atoms with E-state index in [4.69, 9.17) is 4.74 Å². The number of hydrogen-bond donors (Lipinski definition) is 2. The fraction of sp³-hybridized carbons (Fsp3) is 0.600. The Morgan fingerprint density at radius 3 is 2.47 bits per heavy atom. The summed E-state index contributed by atoms with van der Waals surface area (Å²) < 4.78 is 4.95. The zero-order valence-electron chi connectivity index (χ0n) is 9.32. The minimum Gasteiger partial charge on any atom is -0.494 e. The Morgan fingerprint density at radius 1 is 1.47 bits per heavy atom. The number of aliphatic hydroxyl groups excluding tert-OH is 1. The Kier molecular flexibility index (Phi) is 3.85. The van der Waals surface area contributed by atoms with Crippen LogP contribution in [-0.2, 0) is 0 Å². The molecule has 0 radical (unpaired) electrons. The molecule has 0 aromatic carbocycles. The molecule has 1 aromatic heterocycles. The molecule has 0 aliphatic heterocycles. The van der Waals surface area contributed by atoms with Gasteiger partial charge >= 0.3 is 0 Å². The molecule has 1 unspecified atom stereocenters. The van der Waals surface area contributed by atoms with E-state index < -0.39 is 0 Å². The van der Waals surface area contributed by atoms with Crippen LogP contribution < -0.4 is 10.1 Å². The third-order valence-electron chi connectivity index (χ3n) is 2.41. The van der Waals surface area contributed by atoms with E-state index in [0.29, 0.717) is 11.7 Å². The van der Waals surface area contributed by atoms with Gasteiger partial charge in [-0.1, -0.05) is 6.92 Å². The van der Waals surface area contributed by atoms with Crippen molar-refractivity contribution in [2.24, 2.45) is 0 Å². The van der Waals surface area contributed by atoms with Crippen LogP contribution in [0.15, 0.2) is 12.4 Å². The van der Waals surface area contributed by atoms with Crippen molar-refractivity contribution >= 4 is 5.95 Å². The Hall–Kier alpha value is -1.36. The highest BCUT2D eigenvalue weighted by atomic mass is 16.5. The van der Waals surface area contributed by atoms with Crippen LogP contribution >= 0.6 is 0 Å². The van der Waals surface area contributed by atoms with Crippen LogP contribution in [0.2, 0.25) is 0 Å². The lowest BCUT2D eigenvalue weighted by atomic mass is 10.0. The smallest absolute Gasteiger partial charge is 0.223 e. The van der Waals surface area contributed by atoms with Gasteiger partial charge in [0, 0.05) is 0 Å². The first-order valence-corrected chi connectivity index (χ1v) is 4.88. The second-order valence-corrected chi connectivity index (χ2v) is 3.64. The molecule has 0 aliphatic carbocycles. The first-order valence-electron chi connectivity index (χ1n) is 4.88. The van der Waals surface area contributed by atoms with Crippen molar-refractivity contribution in [3.05, 3.63) is 12.4 Å². The van der Waals surface area contributed by atoms with E-state index in [2.05, 4.69) is 15.3 Å². The SMILES string of the molecule is CCC(C)(CO)Nc1ncc(OC)cn1. The van der Waals surface area contributed by atoms with Gasteiger partial charge in [-0.25, -0.2) is 9.97 Å². The van der Waals surface area contributed by atoms with Crippen molar-refractivity contribution < 1.29 is 9.84 Å². The van der Waals surface area contributed by atoms with Crippen LogP contribution in [0.5, 0.6) is 5.75 Å². The number of aromatic nitrogens is 2. The molecule has 0 spiro atoms. The van der Waals surface area contributed by atoms with Crippen molar-refractivity contribution in [2.75, 3.05) is 19.0 Å². The molecule has 1 atom stereocenters. The Bertz CT molecular complexity index is 296. The van der Waals surface area contributed by atoms with Crippen molar-refractivity contribution in [1.82, 2.24) is 9.97 Å². The van der Waals surface area contributed by atoms with Crippen LogP contribution in [0.4, 0.5) is 5.95 Å². The van der Waals surface area contributed by atoms with Gasteiger partial charge in [-0.05, 0) is 13.3 Å². The van der Waals surface area contributed by atoms with Crippen molar-refractivity contribution in [2.45, 2.75) is 25.8 Å². The number of nitrogens with zero attached hydrogens (tertiary/aromatic N) is 2. The highest BCUT2D eigenvalue weighted by Crippen LogP contribution is 2.15. The summed E-state index contributed by atoms with van der Waals surface area (Å²) in [7, 11) is 1.57. The van der Waals surface area contributed by atoms with E-state index in [-0.39, 0.29) is 12.1 Å². The lowest BCUT2D eigenvalue weighted by Gasteiger charge is -2.26. The van der Waals surface area contributed by atoms with Crippen LogP contribution in [-0.4, -0.2) is 34.3 Å². The summed E-state index contributed by atoms with van der Waals surface area (Å²) in [5, 5.41) is 12.3. The molecule has 1 aromatic rings. The first kappa shape index (κ1) is 11.7. The summed E-state index contributed by atoms with van der Waals surface area (Å²) >= 11 is 0. The summed E-state index contributed by atoms with van der Waals surface area (Å²) in [6.45, 7) is 3.95. The molecule has 0 aliphatic rings. The average molecular weight is 211 g/mol. The lowest BCUT2D eigenvalue weighted by Crippen LogP contribution is -2.38. The highest BCUT2D eigenvalue weighted by molar-refractivity contribution is 5.30. The fourth-order valence-electron chi connectivity index (χ4n) is 0.996. The van der Waals surface area contributed by atoms with Crippen LogP contribution in [0.25, 0.3) is 0 Å². The van der Waals surface area contributed by atoms with E-state index in [1.807, 2.05) is 13.8 Å². The number of aliphatic hydroxyl groups is 1. The predicted molar refractivity (Wildman–Crippen MR) is 58.0 cm³/mol. The zero-order chi connectivity index (χ0) is 11.3. The first-order chi connectivity index (χ1) is 7.13. The summed E-state index contributed by atoms with van der Waals surface area (Å²) in [6.07, 6.45) is 3.96. The second kappa shape index (κ2) is 4.93. The van der Waals surface area contributed by atoms with Crippen molar-refractivity contribution in [1.29, 1.82) is 0 Å². The Labute approximate surface area is 89.5 Å². The van der Waals surface area contributed by atoms with Gasteiger partial charge in [-0.15, -0.1) is 0 Å². The molecule has 0 amide bonds. The molecule has 84 valence electrons. The van der Waals surface area contributed by atoms with Gasteiger partial charge in [0.1, 0.15) is 0 Å². The molecule has 0 fully saturated rings. The number of anilines is 1. The summed E-state index contributed by atoms with van der Waals surface area (Å²) in [5.41, 5.74) is -0.380. The van der Waals surface area contributed by atoms with E-state index >= 15 is 0 Å². The summed E-state index contributed by atoms with van der Waals surface area (Å²) in [4.78, 5) is 8.14. The largest absolute Gasteiger partial charge is 0.494 e. The maximum atomic E-state index is 9.20. The maximum Gasteiger partial charge on any atom is 0.223 e. The number of rotatable bonds is 5. The highest BCUT2D eigenvalue weighted by Gasteiger charge is 2.21. The summed E-state index contributed by atoms with van der Waals surface area (Å²) in [6, 6.07) is 0. The van der Waals surface area contributed by atoms with E-state index in [1.165, 1.54) is 0 Å². The minimum atomic E-state index is -0.380. The van der Waals surface area contributed by atoms with Crippen LogP contribution in [0.3, 0.4) is 0 Å². The fourth-order valence-corrected chi connectivity index (χ4v) is 0.996. The zero-order valence-corrected chi connectivity index (χ0v) is 9.32. The number of hydrogen-bond acceptors (Lipinski definition) is 5. The van der Waals surface area contributed by atoms with Crippen molar-refractivity contribution in [3.63, 3.8) is 0 Å². The van der Waals surface area contributed by atoms with Crippen LogP contribution in [0, 0.1) is 0 Å². The quantitative estimate of drug-likeness (QED) is 0.762. The van der Waals surface area contributed by atoms with E-state index in [0.717, 1.165) is 6.42 Å². The molecule has 2 N–H and O–H groups in total. The minimum absolute atomic E-state index is 0.0406.